The molecule has 0 atom stereocenters. The van der Waals surface area contributed by atoms with Crippen molar-refractivity contribution in [1.29, 1.82) is 5.26 Å². The summed E-state index contributed by atoms with van der Waals surface area (Å²) in [6.07, 6.45) is 1.73. The first-order chi connectivity index (χ1) is 10.6. The third-order valence-corrected chi connectivity index (χ3v) is 3.84. The predicted octanol–water partition coefficient (Wildman–Crippen LogP) is 4.51. The van der Waals surface area contributed by atoms with Crippen LogP contribution in [-0.2, 0) is 0 Å². The zero-order valence-electron chi connectivity index (χ0n) is 12.1. The zero-order valence-corrected chi connectivity index (χ0v) is 14.2. The molecule has 2 rings (SSSR count). The van der Waals surface area contributed by atoms with Crippen molar-refractivity contribution in [3.8, 4) is 17.6 Å². The maximum atomic E-state index is 13.0. The fourth-order valence-electron chi connectivity index (χ4n) is 2.00. The van der Waals surface area contributed by atoms with E-state index in [1.807, 2.05) is 6.07 Å². The standard InChI is InChI=1S/C17H13FINO2/c1-21-16-9-11(8-15(19)17(16)22-2)7-13(10-20)12-3-5-14(18)6-4-12/h3-9H,1-2H3. The van der Waals surface area contributed by atoms with Crippen LogP contribution < -0.4 is 9.47 Å². The van der Waals surface area contributed by atoms with Crippen LogP contribution in [0.1, 0.15) is 11.1 Å². The number of benzene rings is 2. The molecule has 2 aromatic carbocycles. The summed E-state index contributed by atoms with van der Waals surface area (Å²) in [7, 11) is 3.14. The Bertz CT molecular complexity index is 748. The molecule has 0 heterocycles. The normalized spacial score (nSPS) is 11.0. The minimum Gasteiger partial charge on any atom is -0.493 e. The lowest BCUT2D eigenvalue weighted by atomic mass is 10.0. The summed E-state index contributed by atoms with van der Waals surface area (Å²) in [5, 5.41) is 9.34. The summed E-state index contributed by atoms with van der Waals surface area (Å²) in [6.45, 7) is 0. The molecule has 2 aromatic rings. The molecule has 0 aromatic heterocycles. The van der Waals surface area contributed by atoms with Crippen molar-refractivity contribution < 1.29 is 13.9 Å². The van der Waals surface area contributed by atoms with Gasteiger partial charge in [0.25, 0.3) is 0 Å². The lowest BCUT2D eigenvalue weighted by Crippen LogP contribution is -1.94. The molecule has 0 amide bonds. The number of ether oxygens (including phenoxy) is 2. The van der Waals surface area contributed by atoms with Crippen LogP contribution in [-0.4, -0.2) is 14.2 Å². The molecular weight excluding hydrogens is 396 g/mol. The second-order valence-corrected chi connectivity index (χ2v) is 5.58. The molecule has 0 fully saturated rings. The molecule has 3 nitrogen and oxygen atoms in total. The van der Waals surface area contributed by atoms with Crippen molar-refractivity contribution >= 4 is 34.2 Å². The minimum absolute atomic E-state index is 0.332. The van der Waals surface area contributed by atoms with E-state index in [0.717, 1.165) is 9.13 Å². The Hall–Kier alpha value is -2.07. The lowest BCUT2D eigenvalue weighted by molar-refractivity contribution is 0.353. The summed E-state index contributed by atoms with van der Waals surface area (Å²) in [4.78, 5) is 0. The minimum atomic E-state index is -0.332. The van der Waals surface area contributed by atoms with Gasteiger partial charge in [-0.05, 0) is 64.1 Å². The van der Waals surface area contributed by atoms with Gasteiger partial charge in [-0.15, -0.1) is 0 Å². The molecule has 0 radical (unpaired) electrons. The molecule has 0 spiro atoms. The van der Waals surface area contributed by atoms with Gasteiger partial charge in [-0.25, -0.2) is 4.39 Å². The number of methoxy groups -OCH3 is 2. The van der Waals surface area contributed by atoms with Crippen molar-refractivity contribution in [3.63, 3.8) is 0 Å². The molecule has 0 aliphatic heterocycles. The van der Waals surface area contributed by atoms with E-state index in [1.165, 1.54) is 12.1 Å². The second-order valence-electron chi connectivity index (χ2n) is 4.41. The van der Waals surface area contributed by atoms with Crippen molar-refractivity contribution in [1.82, 2.24) is 0 Å². The molecule has 0 aliphatic rings. The van der Waals surface area contributed by atoms with E-state index in [0.29, 0.717) is 22.6 Å². The van der Waals surface area contributed by atoms with Crippen LogP contribution in [0.15, 0.2) is 36.4 Å². The molecule has 0 N–H and O–H groups in total. The van der Waals surface area contributed by atoms with E-state index in [1.54, 1.807) is 38.5 Å². The molecule has 112 valence electrons. The lowest BCUT2D eigenvalue weighted by Gasteiger charge is -2.10. The summed E-state index contributed by atoms with van der Waals surface area (Å²) in [5.74, 6) is 0.916. The van der Waals surface area contributed by atoms with Gasteiger partial charge in [0.05, 0.1) is 29.4 Å². The number of halogens is 2. The Labute approximate surface area is 142 Å². The van der Waals surface area contributed by atoms with Gasteiger partial charge in [-0.1, -0.05) is 12.1 Å². The van der Waals surface area contributed by atoms with Gasteiger partial charge in [-0.2, -0.15) is 5.26 Å². The highest BCUT2D eigenvalue weighted by Gasteiger charge is 2.10. The maximum absolute atomic E-state index is 13.0. The zero-order chi connectivity index (χ0) is 16.1. The van der Waals surface area contributed by atoms with E-state index in [9.17, 15) is 9.65 Å². The number of nitriles is 1. The second kappa shape index (κ2) is 7.27. The van der Waals surface area contributed by atoms with E-state index in [2.05, 4.69) is 28.7 Å². The summed E-state index contributed by atoms with van der Waals surface area (Å²) in [6, 6.07) is 11.6. The van der Waals surface area contributed by atoms with Crippen LogP contribution >= 0.6 is 22.6 Å². The molecule has 22 heavy (non-hydrogen) atoms. The Balaban J connectivity index is 2.48. The summed E-state index contributed by atoms with van der Waals surface area (Å²) >= 11 is 2.15. The molecule has 0 unspecified atom stereocenters. The first-order valence-electron chi connectivity index (χ1n) is 6.38. The van der Waals surface area contributed by atoms with E-state index < -0.39 is 0 Å². The Morgan fingerprint density at radius 2 is 1.86 bits per heavy atom. The highest BCUT2D eigenvalue weighted by Crippen LogP contribution is 2.34. The number of hydrogen-bond donors (Lipinski definition) is 0. The molecule has 0 aliphatic carbocycles. The average Bonchev–Trinajstić information content (AvgIpc) is 2.53. The van der Waals surface area contributed by atoms with Gasteiger partial charge in [0.1, 0.15) is 5.82 Å². The summed E-state index contributed by atoms with van der Waals surface area (Å²) < 4.78 is 24.5. The number of nitrogens with zero attached hydrogens (tertiary/aromatic N) is 1. The Kier molecular flexibility index (Phi) is 5.39. The van der Waals surface area contributed by atoms with Crippen LogP contribution in [0.2, 0.25) is 0 Å². The van der Waals surface area contributed by atoms with Gasteiger partial charge in [0.15, 0.2) is 11.5 Å². The van der Waals surface area contributed by atoms with Crippen molar-refractivity contribution in [3.05, 3.63) is 56.9 Å². The van der Waals surface area contributed by atoms with Gasteiger partial charge >= 0.3 is 0 Å². The third kappa shape index (κ3) is 3.57. The maximum Gasteiger partial charge on any atom is 0.174 e. The molecular formula is C17H13FINO2. The first kappa shape index (κ1) is 16.3. The Morgan fingerprint density at radius 1 is 1.18 bits per heavy atom. The van der Waals surface area contributed by atoms with Crippen LogP contribution in [0.25, 0.3) is 11.6 Å². The third-order valence-electron chi connectivity index (χ3n) is 3.04. The monoisotopic (exact) mass is 409 g/mol. The fraction of sp³-hybridized carbons (Fsp3) is 0.118. The van der Waals surface area contributed by atoms with Crippen LogP contribution in [0.5, 0.6) is 11.5 Å². The van der Waals surface area contributed by atoms with Crippen LogP contribution in [0, 0.1) is 20.7 Å². The van der Waals surface area contributed by atoms with Crippen LogP contribution in [0.3, 0.4) is 0 Å². The first-order valence-corrected chi connectivity index (χ1v) is 7.46. The average molecular weight is 409 g/mol. The predicted molar refractivity (Wildman–Crippen MR) is 92.1 cm³/mol. The molecule has 0 bridgehead atoms. The quantitative estimate of drug-likeness (QED) is 0.424. The topological polar surface area (TPSA) is 42.2 Å². The molecule has 5 heteroatoms. The largest absolute Gasteiger partial charge is 0.493 e. The van der Waals surface area contributed by atoms with E-state index in [4.69, 9.17) is 9.47 Å². The number of hydrogen-bond acceptors (Lipinski definition) is 3. The van der Waals surface area contributed by atoms with Crippen molar-refractivity contribution in [2.45, 2.75) is 0 Å². The van der Waals surface area contributed by atoms with Gasteiger partial charge < -0.3 is 9.47 Å². The Morgan fingerprint density at radius 3 is 2.41 bits per heavy atom. The number of rotatable bonds is 4. The number of allylic oxidation sites excluding steroid dienone is 1. The smallest absolute Gasteiger partial charge is 0.174 e. The highest BCUT2D eigenvalue weighted by atomic mass is 127. The fourth-order valence-corrected chi connectivity index (χ4v) is 2.84. The van der Waals surface area contributed by atoms with Gasteiger partial charge in [-0.3, -0.25) is 0 Å². The van der Waals surface area contributed by atoms with Crippen molar-refractivity contribution in [2.75, 3.05) is 14.2 Å². The van der Waals surface area contributed by atoms with Gasteiger partial charge in [0.2, 0.25) is 0 Å². The van der Waals surface area contributed by atoms with Gasteiger partial charge in [0, 0.05) is 0 Å². The molecule has 0 saturated carbocycles. The SMILES string of the molecule is COc1cc(C=C(C#N)c2ccc(F)cc2)cc(I)c1OC. The highest BCUT2D eigenvalue weighted by molar-refractivity contribution is 14.1. The van der Waals surface area contributed by atoms with E-state index >= 15 is 0 Å². The van der Waals surface area contributed by atoms with Crippen molar-refractivity contribution in [2.24, 2.45) is 0 Å². The van der Waals surface area contributed by atoms with Crippen LogP contribution in [0.4, 0.5) is 4.39 Å². The van der Waals surface area contributed by atoms with E-state index in [-0.39, 0.29) is 5.82 Å². The summed E-state index contributed by atoms with van der Waals surface area (Å²) in [5.41, 5.74) is 1.92. The molecule has 0 saturated heterocycles.